The number of hydrogen-bond donors (Lipinski definition) is 1. The van der Waals surface area contributed by atoms with E-state index in [4.69, 9.17) is 14.6 Å². The Balaban J connectivity index is 2.38. The molecule has 0 bridgehead atoms. The van der Waals surface area contributed by atoms with Crippen molar-refractivity contribution in [2.45, 2.75) is 26.4 Å². The molecule has 0 unspecified atom stereocenters. The lowest BCUT2D eigenvalue weighted by atomic mass is 10.1. The Bertz CT molecular complexity index is 471. The van der Waals surface area contributed by atoms with Crippen LogP contribution in [0.5, 0.6) is 0 Å². The van der Waals surface area contributed by atoms with Crippen LogP contribution in [0.4, 0.5) is 4.39 Å². The van der Waals surface area contributed by atoms with Gasteiger partial charge in [-0.25, -0.2) is 9.18 Å². The van der Waals surface area contributed by atoms with Crippen molar-refractivity contribution in [3.05, 3.63) is 41.2 Å². The molecule has 0 saturated carbocycles. The Morgan fingerprint density at radius 2 is 2.05 bits per heavy atom. The van der Waals surface area contributed by atoms with Crippen LogP contribution in [0, 0.1) is 5.82 Å². The summed E-state index contributed by atoms with van der Waals surface area (Å²) in [6, 6.07) is 4.50. The van der Waals surface area contributed by atoms with Gasteiger partial charge in [0.2, 0.25) is 0 Å². The van der Waals surface area contributed by atoms with E-state index < -0.39 is 11.8 Å². The Morgan fingerprint density at radius 3 is 2.76 bits per heavy atom. The van der Waals surface area contributed by atoms with Gasteiger partial charge in [0.05, 0.1) is 19.8 Å². The van der Waals surface area contributed by atoms with Gasteiger partial charge >= 0.3 is 5.97 Å². The number of hydrogen-bond acceptors (Lipinski definition) is 3. The third-order valence-electron chi connectivity index (χ3n) is 2.75. The van der Waals surface area contributed by atoms with Crippen LogP contribution >= 0.6 is 0 Å². The number of aliphatic carboxylic acids is 1. The average Bonchev–Trinajstić information content (AvgIpc) is 2.46. The number of carbonyl (C=O) groups is 1. The van der Waals surface area contributed by atoms with Crippen LogP contribution in [0.1, 0.15) is 30.9 Å². The van der Waals surface area contributed by atoms with Crippen LogP contribution in [-0.4, -0.2) is 30.9 Å². The van der Waals surface area contributed by atoms with Crippen molar-refractivity contribution in [2.75, 3.05) is 19.8 Å². The van der Waals surface area contributed by atoms with Gasteiger partial charge < -0.3 is 14.6 Å². The summed E-state index contributed by atoms with van der Waals surface area (Å²) >= 11 is 0. The second-order valence-corrected chi connectivity index (χ2v) is 4.55. The summed E-state index contributed by atoms with van der Waals surface area (Å²) in [6.07, 6.45) is 4.28. The molecule has 0 heterocycles. The number of unbranched alkanes of at least 4 members (excludes halogenated alkanes) is 1. The Labute approximate surface area is 124 Å². The van der Waals surface area contributed by atoms with Crippen molar-refractivity contribution in [1.82, 2.24) is 0 Å². The second kappa shape index (κ2) is 10.1. The summed E-state index contributed by atoms with van der Waals surface area (Å²) in [5.41, 5.74) is 1.02. The molecular formula is C16H21FO4. The van der Waals surface area contributed by atoms with Gasteiger partial charge in [0.1, 0.15) is 5.82 Å². The molecule has 116 valence electrons. The summed E-state index contributed by atoms with van der Waals surface area (Å²) in [6.45, 7) is 4.19. The summed E-state index contributed by atoms with van der Waals surface area (Å²) < 4.78 is 24.3. The number of benzene rings is 1. The Morgan fingerprint density at radius 1 is 1.29 bits per heavy atom. The number of carboxylic acids is 1. The van der Waals surface area contributed by atoms with E-state index in [9.17, 15) is 9.18 Å². The van der Waals surface area contributed by atoms with Crippen molar-refractivity contribution in [1.29, 1.82) is 0 Å². The zero-order valence-electron chi connectivity index (χ0n) is 12.2. The van der Waals surface area contributed by atoms with Gasteiger partial charge in [-0.15, -0.1) is 0 Å². The summed E-state index contributed by atoms with van der Waals surface area (Å²) in [4.78, 5) is 10.4. The molecule has 0 amide bonds. The first-order valence-corrected chi connectivity index (χ1v) is 6.98. The van der Waals surface area contributed by atoms with Crippen LogP contribution in [0.3, 0.4) is 0 Å². The third-order valence-corrected chi connectivity index (χ3v) is 2.75. The monoisotopic (exact) mass is 296 g/mol. The highest BCUT2D eigenvalue weighted by molar-refractivity contribution is 5.85. The molecule has 0 aromatic heterocycles. The van der Waals surface area contributed by atoms with E-state index in [1.807, 2.05) is 0 Å². The lowest BCUT2D eigenvalue weighted by molar-refractivity contribution is -0.131. The van der Waals surface area contributed by atoms with Crippen LogP contribution < -0.4 is 0 Å². The van der Waals surface area contributed by atoms with Gasteiger partial charge in [0, 0.05) is 18.2 Å². The van der Waals surface area contributed by atoms with Crippen molar-refractivity contribution in [3.8, 4) is 0 Å². The predicted octanol–water partition coefficient (Wildman–Crippen LogP) is 3.26. The van der Waals surface area contributed by atoms with Crippen molar-refractivity contribution in [2.24, 2.45) is 0 Å². The lowest BCUT2D eigenvalue weighted by Gasteiger charge is -2.07. The van der Waals surface area contributed by atoms with E-state index in [0.29, 0.717) is 19.8 Å². The smallest absolute Gasteiger partial charge is 0.328 e. The third kappa shape index (κ3) is 7.58. The molecule has 5 heteroatoms. The molecule has 0 spiro atoms. The quantitative estimate of drug-likeness (QED) is 0.532. The van der Waals surface area contributed by atoms with Gasteiger partial charge in [0.25, 0.3) is 0 Å². The minimum atomic E-state index is -1.11. The molecule has 1 aromatic rings. The van der Waals surface area contributed by atoms with Crippen molar-refractivity contribution in [3.63, 3.8) is 0 Å². The first-order valence-electron chi connectivity index (χ1n) is 6.98. The van der Waals surface area contributed by atoms with E-state index in [-0.39, 0.29) is 5.56 Å². The molecule has 0 radical (unpaired) electrons. The van der Waals surface area contributed by atoms with Gasteiger partial charge in [-0.05, 0) is 30.2 Å². The molecule has 0 aliphatic rings. The molecule has 1 rings (SSSR count). The highest BCUT2D eigenvalue weighted by Crippen LogP contribution is 2.13. The molecule has 0 aliphatic heterocycles. The minimum Gasteiger partial charge on any atom is -0.478 e. The number of ether oxygens (including phenoxy) is 2. The molecule has 0 saturated heterocycles. The zero-order valence-corrected chi connectivity index (χ0v) is 12.2. The second-order valence-electron chi connectivity index (χ2n) is 4.55. The molecule has 0 fully saturated rings. The summed E-state index contributed by atoms with van der Waals surface area (Å²) in [7, 11) is 0. The molecule has 0 aliphatic carbocycles. The van der Waals surface area contributed by atoms with E-state index >= 15 is 0 Å². The molecule has 4 nitrogen and oxygen atoms in total. The molecule has 1 N–H and O–H groups in total. The average molecular weight is 296 g/mol. The first kappa shape index (κ1) is 17.3. The molecule has 0 atom stereocenters. The van der Waals surface area contributed by atoms with Gasteiger partial charge in [-0.1, -0.05) is 19.4 Å². The van der Waals surface area contributed by atoms with Crippen LogP contribution in [0.2, 0.25) is 0 Å². The SMILES string of the molecule is CCCCOCCOCc1ccc(F)c(C=CC(=O)O)c1. The first-order chi connectivity index (χ1) is 10.1. The highest BCUT2D eigenvalue weighted by Gasteiger charge is 2.02. The molecular weight excluding hydrogens is 275 g/mol. The topological polar surface area (TPSA) is 55.8 Å². The van der Waals surface area contributed by atoms with Crippen molar-refractivity contribution < 1.29 is 23.8 Å². The fourth-order valence-electron chi connectivity index (χ4n) is 1.63. The van der Waals surface area contributed by atoms with Gasteiger partial charge in [-0.3, -0.25) is 0 Å². The van der Waals surface area contributed by atoms with Crippen LogP contribution in [-0.2, 0) is 20.9 Å². The number of carboxylic acid groups (broad SMARTS) is 1. The standard InChI is InChI=1S/C16H21FO4/c1-2-3-8-20-9-10-21-12-13-4-6-15(17)14(11-13)5-7-16(18)19/h4-7,11H,2-3,8-10,12H2,1H3,(H,18,19). The van der Waals surface area contributed by atoms with E-state index in [1.54, 1.807) is 12.1 Å². The maximum Gasteiger partial charge on any atom is 0.328 e. The summed E-state index contributed by atoms with van der Waals surface area (Å²) in [5.74, 6) is -1.57. The van der Waals surface area contributed by atoms with Crippen LogP contribution in [0.15, 0.2) is 24.3 Å². The lowest BCUT2D eigenvalue weighted by Crippen LogP contribution is -2.05. The number of rotatable bonds is 10. The Hall–Kier alpha value is -1.72. The fourth-order valence-corrected chi connectivity index (χ4v) is 1.63. The number of halogens is 1. The maximum atomic E-state index is 13.5. The fraction of sp³-hybridized carbons (Fsp3) is 0.438. The minimum absolute atomic E-state index is 0.234. The zero-order chi connectivity index (χ0) is 15.5. The normalized spacial score (nSPS) is 11.1. The summed E-state index contributed by atoms with van der Waals surface area (Å²) in [5, 5.41) is 8.55. The largest absolute Gasteiger partial charge is 0.478 e. The van der Waals surface area contributed by atoms with Gasteiger partial charge in [0.15, 0.2) is 0 Å². The highest BCUT2D eigenvalue weighted by atomic mass is 19.1. The molecule has 1 aromatic carbocycles. The predicted molar refractivity (Wildman–Crippen MR) is 78.5 cm³/mol. The maximum absolute atomic E-state index is 13.5. The van der Waals surface area contributed by atoms with E-state index in [2.05, 4.69) is 6.92 Å². The Kier molecular flexibility index (Phi) is 8.31. The van der Waals surface area contributed by atoms with Crippen molar-refractivity contribution >= 4 is 12.0 Å². The molecule has 21 heavy (non-hydrogen) atoms. The van der Waals surface area contributed by atoms with Gasteiger partial charge in [-0.2, -0.15) is 0 Å². The van der Waals surface area contributed by atoms with E-state index in [0.717, 1.165) is 31.1 Å². The van der Waals surface area contributed by atoms with Crippen LogP contribution in [0.25, 0.3) is 6.08 Å². The van der Waals surface area contributed by atoms with E-state index in [1.165, 1.54) is 12.1 Å².